The fourth-order valence-corrected chi connectivity index (χ4v) is 2.20. The maximum Gasteiger partial charge on any atom is 0.237 e. The number of likely N-dealkylation sites (tertiary alicyclic amines) is 1. The number of likely N-dealkylation sites (N-methyl/N-ethyl adjacent to an activating group) is 1. The second kappa shape index (κ2) is 5.64. The number of nitrogens with zero attached hydrogens (tertiary/aromatic N) is 1. The predicted octanol–water partition coefficient (Wildman–Crippen LogP) is 0.572. The molecule has 2 atom stereocenters. The van der Waals surface area contributed by atoms with Gasteiger partial charge in [0.25, 0.3) is 0 Å². The molecule has 1 aliphatic rings. The lowest BCUT2D eigenvalue weighted by molar-refractivity contribution is -0.124. The molecule has 0 aromatic heterocycles. The van der Waals surface area contributed by atoms with Gasteiger partial charge in [-0.2, -0.15) is 0 Å². The number of nitrogens with two attached hydrogens (primary N) is 1. The van der Waals surface area contributed by atoms with Crippen LogP contribution in [0, 0.1) is 5.92 Å². The molecule has 94 valence electrons. The summed E-state index contributed by atoms with van der Waals surface area (Å²) in [5.41, 5.74) is 4.83. The Morgan fingerprint density at radius 1 is 1.62 bits per heavy atom. The molecule has 1 heterocycles. The van der Waals surface area contributed by atoms with Crippen molar-refractivity contribution in [3.63, 3.8) is 0 Å². The Morgan fingerprint density at radius 3 is 2.75 bits per heavy atom. The Kier molecular flexibility index (Phi) is 4.74. The van der Waals surface area contributed by atoms with Crippen molar-refractivity contribution in [2.45, 2.75) is 38.6 Å². The maximum absolute atomic E-state index is 11.3. The molecule has 0 spiro atoms. The fourth-order valence-electron chi connectivity index (χ4n) is 2.20. The molecule has 0 aromatic rings. The van der Waals surface area contributed by atoms with Gasteiger partial charge in [-0.1, -0.05) is 13.3 Å². The van der Waals surface area contributed by atoms with E-state index in [0.29, 0.717) is 0 Å². The van der Waals surface area contributed by atoms with Gasteiger partial charge in [0.2, 0.25) is 5.91 Å². The molecule has 1 amide bonds. The van der Waals surface area contributed by atoms with Gasteiger partial charge in [-0.25, -0.2) is 0 Å². The molecule has 1 aliphatic heterocycles. The second-order valence-electron chi connectivity index (χ2n) is 5.06. The van der Waals surface area contributed by atoms with Crippen molar-refractivity contribution < 1.29 is 4.79 Å². The van der Waals surface area contributed by atoms with E-state index in [0.717, 1.165) is 25.4 Å². The number of nitrogens with one attached hydrogen (secondary N) is 1. The first-order chi connectivity index (χ1) is 7.51. The molecule has 0 bridgehead atoms. The third-order valence-corrected chi connectivity index (χ3v) is 3.97. The van der Waals surface area contributed by atoms with Gasteiger partial charge in [0, 0.05) is 13.1 Å². The Balaban J connectivity index is 2.37. The second-order valence-corrected chi connectivity index (χ2v) is 5.06. The zero-order valence-corrected chi connectivity index (χ0v) is 10.8. The molecular weight excluding hydrogens is 202 g/mol. The van der Waals surface area contributed by atoms with Crippen LogP contribution in [0.3, 0.4) is 0 Å². The Bertz CT molecular complexity index is 244. The molecule has 4 nitrogen and oxygen atoms in total. The first kappa shape index (κ1) is 13.5. The molecule has 1 fully saturated rings. The minimum atomic E-state index is -0.565. The highest BCUT2D eigenvalue weighted by atomic mass is 16.1. The highest BCUT2D eigenvalue weighted by Crippen LogP contribution is 2.20. The molecule has 0 saturated carbocycles. The summed E-state index contributed by atoms with van der Waals surface area (Å²) in [7, 11) is 1.80. The van der Waals surface area contributed by atoms with Gasteiger partial charge < -0.3 is 16.0 Å². The van der Waals surface area contributed by atoms with Crippen molar-refractivity contribution in [3.05, 3.63) is 0 Å². The van der Waals surface area contributed by atoms with Gasteiger partial charge in [0.05, 0.1) is 5.54 Å². The van der Waals surface area contributed by atoms with Crippen LogP contribution in [-0.2, 0) is 4.79 Å². The van der Waals surface area contributed by atoms with Crippen LogP contribution in [0.4, 0.5) is 0 Å². The number of rotatable bonds is 6. The average molecular weight is 227 g/mol. The third kappa shape index (κ3) is 3.19. The molecule has 0 aromatic carbocycles. The van der Waals surface area contributed by atoms with Crippen LogP contribution in [0.25, 0.3) is 0 Å². The normalized spacial score (nSPS) is 25.6. The molecule has 16 heavy (non-hydrogen) atoms. The number of hydrogen-bond donors (Lipinski definition) is 2. The van der Waals surface area contributed by atoms with Gasteiger partial charge in [-0.3, -0.25) is 4.79 Å². The largest absolute Gasteiger partial charge is 0.368 e. The van der Waals surface area contributed by atoms with Crippen molar-refractivity contribution >= 4 is 5.91 Å². The summed E-state index contributed by atoms with van der Waals surface area (Å²) >= 11 is 0. The maximum atomic E-state index is 11.3. The SMILES string of the molecule is CCC1CCN(CCC(C)(NC)C(N)=O)C1. The number of carbonyl (C=O) groups is 1. The Morgan fingerprint density at radius 2 is 2.31 bits per heavy atom. The van der Waals surface area contributed by atoms with Crippen LogP contribution < -0.4 is 11.1 Å². The van der Waals surface area contributed by atoms with Crippen LogP contribution >= 0.6 is 0 Å². The number of amides is 1. The summed E-state index contributed by atoms with van der Waals surface area (Å²) in [6.07, 6.45) is 3.34. The minimum Gasteiger partial charge on any atom is -0.368 e. The molecule has 2 unspecified atom stereocenters. The number of hydrogen-bond acceptors (Lipinski definition) is 3. The number of primary amides is 1. The van der Waals surface area contributed by atoms with Crippen molar-refractivity contribution in [2.75, 3.05) is 26.7 Å². The summed E-state index contributed by atoms with van der Waals surface area (Å²) < 4.78 is 0. The van der Waals surface area contributed by atoms with Crippen LogP contribution in [-0.4, -0.2) is 43.0 Å². The fraction of sp³-hybridized carbons (Fsp3) is 0.917. The van der Waals surface area contributed by atoms with E-state index in [4.69, 9.17) is 5.73 Å². The quantitative estimate of drug-likeness (QED) is 0.697. The minimum absolute atomic E-state index is 0.263. The lowest BCUT2D eigenvalue weighted by Gasteiger charge is -2.28. The lowest BCUT2D eigenvalue weighted by atomic mass is 9.97. The predicted molar refractivity (Wildman–Crippen MR) is 66.1 cm³/mol. The first-order valence-corrected chi connectivity index (χ1v) is 6.23. The third-order valence-electron chi connectivity index (χ3n) is 3.97. The van der Waals surface area contributed by atoms with Gasteiger partial charge in [0.1, 0.15) is 0 Å². The zero-order chi connectivity index (χ0) is 12.2. The summed E-state index contributed by atoms with van der Waals surface area (Å²) in [4.78, 5) is 13.8. The molecule has 1 saturated heterocycles. The zero-order valence-electron chi connectivity index (χ0n) is 10.8. The summed E-state index contributed by atoms with van der Waals surface area (Å²) in [5, 5.41) is 3.03. The van der Waals surface area contributed by atoms with E-state index < -0.39 is 5.54 Å². The lowest BCUT2D eigenvalue weighted by Crippen LogP contribution is -2.53. The van der Waals surface area contributed by atoms with Gasteiger partial charge in [0.15, 0.2) is 0 Å². The molecule has 0 radical (unpaired) electrons. The Labute approximate surface area is 98.6 Å². The first-order valence-electron chi connectivity index (χ1n) is 6.23. The summed E-state index contributed by atoms with van der Waals surface area (Å²) in [6.45, 7) is 7.42. The van der Waals surface area contributed by atoms with Crippen molar-refractivity contribution in [2.24, 2.45) is 11.7 Å². The number of carbonyl (C=O) groups excluding carboxylic acids is 1. The van der Waals surface area contributed by atoms with E-state index in [1.54, 1.807) is 7.05 Å². The molecule has 3 N–H and O–H groups in total. The summed E-state index contributed by atoms with van der Waals surface area (Å²) in [5.74, 6) is 0.579. The van der Waals surface area contributed by atoms with E-state index in [2.05, 4.69) is 17.1 Å². The van der Waals surface area contributed by atoms with Crippen molar-refractivity contribution in [1.82, 2.24) is 10.2 Å². The smallest absolute Gasteiger partial charge is 0.237 e. The molecule has 0 aliphatic carbocycles. The van der Waals surface area contributed by atoms with E-state index >= 15 is 0 Å². The van der Waals surface area contributed by atoms with Crippen molar-refractivity contribution in [1.29, 1.82) is 0 Å². The molecule has 4 heteroatoms. The highest BCUT2D eigenvalue weighted by molar-refractivity contribution is 5.84. The topological polar surface area (TPSA) is 58.4 Å². The van der Waals surface area contributed by atoms with Crippen molar-refractivity contribution in [3.8, 4) is 0 Å². The molecular formula is C12H25N3O. The van der Waals surface area contributed by atoms with Gasteiger partial charge >= 0.3 is 0 Å². The van der Waals surface area contributed by atoms with E-state index in [9.17, 15) is 4.79 Å². The monoisotopic (exact) mass is 227 g/mol. The van der Waals surface area contributed by atoms with E-state index in [1.807, 2.05) is 6.92 Å². The van der Waals surface area contributed by atoms with E-state index in [1.165, 1.54) is 19.4 Å². The van der Waals surface area contributed by atoms with Gasteiger partial charge in [-0.05, 0) is 39.3 Å². The average Bonchev–Trinajstić information content (AvgIpc) is 2.73. The van der Waals surface area contributed by atoms with Crippen LogP contribution in [0.1, 0.15) is 33.1 Å². The standard InChI is InChI=1S/C12H25N3O/c1-4-10-5-7-15(9-10)8-6-12(2,14-3)11(13)16/h10,14H,4-9H2,1-3H3,(H2,13,16). The van der Waals surface area contributed by atoms with Crippen LogP contribution in [0.15, 0.2) is 0 Å². The Hall–Kier alpha value is -0.610. The van der Waals surface area contributed by atoms with Crippen LogP contribution in [0.2, 0.25) is 0 Å². The molecule has 1 rings (SSSR count). The highest BCUT2D eigenvalue weighted by Gasteiger charge is 2.30. The van der Waals surface area contributed by atoms with E-state index in [-0.39, 0.29) is 5.91 Å². The van der Waals surface area contributed by atoms with Crippen LogP contribution in [0.5, 0.6) is 0 Å². The summed E-state index contributed by atoms with van der Waals surface area (Å²) in [6, 6.07) is 0. The van der Waals surface area contributed by atoms with Gasteiger partial charge in [-0.15, -0.1) is 0 Å².